The van der Waals surface area contributed by atoms with Gasteiger partial charge in [0, 0.05) is 28.6 Å². The summed E-state index contributed by atoms with van der Waals surface area (Å²) >= 11 is 1.52. The Morgan fingerprint density at radius 2 is 2.48 bits per heavy atom. The largest absolute Gasteiger partial charge is 0.462 e. The van der Waals surface area contributed by atoms with E-state index in [9.17, 15) is 4.79 Å². The van der Waals surface area contributed by atoms with Crippen LogP contribution in [0.5, 0.6) is 0 Å². The van der Waals surface area contributed by atoms with Gasteiger partial charge in [-0.3, -0.25) is 0 Å². The Kier molecular flexibility index (Phi) is 4.36. The van der Waals surface area contributed by atoms with E-state index in [-0.39, 0.29) is 12.2 Å². The van der Waals surface area contributed by atoms with E-state index in [1.165, 1.54) is 17.8 Å². The average molecular weight is 306 g/mol. The molecule has 1 unspecified atom stereocenters. The molecule has 6 heteroatoms. The number of nitrogens with zero attached hydrogens (tertiary/aromatic N) is 2. The fourth-order valence-electron chi connectivity index (χ4n) is 2.36. The number of rotatable bonds is 4. The first-order valence-corrected chi connectivity index (χ1v) is 8.07. The van der Waals surface area contributed by atoms with Crippen LogP contribution < -0.4 is 0 Å². The van der Waals surface area contributed by atoms with E-state index in [4.69, 9.17) is 9.47 Å². The molecule has 1 atom stereocenters. The number of carbonyl (C=O) groups excluding carboxylic acids is 1. The van der Waals surface area contributed by atoms with Gasteiger partial charge in [0.15, 0.2) is 0 Å². The van der Waals surface area contributed by atoms with Gasteiger partial charge in [-0.25, -0.2) is 9.48 Å². The van der Waals surface area contributed by atoms with Crippen LogP contribution in [0.25, 0.3) is 10.4 Å². The highest BCUT2D eigenvalue weighted by Gasteiger charge is 2.18. The summed E-state index contributed by atoms with van der Waals surface area (Å²) in [7, 11) is 0. The number of ether oxygens (including phenoxy) is 2. The minimum absolute atomic E-state index is 0.0389. The smallest absolute Gasteiger partial charge is 0.338 e. The van der Waals surface area contributed by atoms with Crippen molar-refractivity contribution < 1.29 is 14.3 Å². The Balaban J connectivity index is 1.75. The van der Waals surface area contributed by atoms with Gasteiger partial charge in [-0.2, -0.15) is 5.10 Å². The predicted octanol–water partition coefficient (Wildman–Crippen LogP) is 3.49. The monoisotopic (exact) mass is 306 g/mol. The summed E-state index contributed by atoms with van der Waals surface area (Å²) in [5, 5.41) is 6.21. The lowest BCUT2D eigenvalue weighted by Crippen LogP contribution is -2.18. The minimum Gasteiger partial charge on any atom is -0.462 e. The van der Waals surface area contributed by atoms with Gasteiger partial charge in [-0.15, -0.1) is 11.3 Å². The molecule has 1 aliphatic heterocycles. The molecule has 1 saturated heterocycles. The van der Waals surface area contributed by atoms with E-state index in [0.717, 1.165) is 29.9 Å². The molecule has 0 spiro atoms. The maximum absolute atomic E-state index is 11.7. The lowest BCUT2D eigenvalue weighted by molar-refractivity contribution is -0.0394. The van der Waals surface area contributed by atoms with Crippen molar-refractivity contribution in [1.82, 2.24) is 9.78 Å². The van der Waals surface area contributed by atoms with Gasteiger partial charge >= 0.3 is 5.97 Å². The number of esters is 1. The summed E-state index contributed by atoms with van der Waals surface area (Å²) in [5.74, 6) is -0.275. The van der Waals surface area contributed by atoms with Gasteiger partial charge in [0.1, 0.15) is 6.23 Å². The molecule has 3 rings (SSSR count). The van der Waals surface area contributed by atoms with Gasteiger partial charge in [0.05, 0.1) is 18.4 Å². The van der Waals surface area contributed by atoms with Crippen molar-refractivity contribution in [1.29, 1.82) is 0 Å². The van der Waals surface area contributed by atoms with E-state index >= 15 is 0 Å². The molecule has 1 aliphatic rings. The van der Waals surface area contributed by atoms with Crippen LogP contribution in [0.4, 0.5) is 0 Å². The van der Waals surface area contributed by atoms with Crippen molar-refractivity contribution in [2.24, 2.45) is 0 Å². The summed E-state index contributed by atoms with van der Waals surface area (Å²) in [6.07, 6.45) is 7.14. The number of hydrogen-bond donors (Lipinski definition) is 0. The van der Waals surface area contributed by atoms with E-state index < -0.39 is 0 Å². The molecular weight excluding hydrogens is 288 g/mol. The van der Waals surface area contributed by atoms with Gasteiger partial charge in [0.25, 0.3) is 0 Å². The van der Waals surface area contributed by atoms with Crippen molar-refractivity contribution in [2.75, 3.05) is 13.2 Å². The van der Waals surface area contributed by atoms with Crippen molar-refractivity contribution in [3.63, 3.8) is 0 Å². The van der Waals surface area contributed by atoms with Crippen LogP contribution in [0.1, 0.15) is 42.8 Å². The molecule has 0 radical (unpaired) electrons. The van der Waals surface area contributed by atoms with Crippen LogP contribution in [-0.4, -0.2) is 29.0 Å². The van der Waals surface area contributed by atoms with E-state index in [2.05, 4.69) is 5.10 Å². The van der Waals surface area contributed by atoms with Crippen molar-refractivity contribution in [2.45, 2.75) is 32.4 Å². The van der Waals surface area contributed by atoms with Crippen molar-refractivity contribution in [3.05, 3.63) is 29.4 Å². The fraction of sp³-hybridized carbons (Fsp3) is 0.467. The number of hydrogen-bond acceptors (Lipinski definition) is 5. The first-order valence-electron chi connectivity index (χ1n) is 7.19. The second-order valence-corrected chi connectivity index (χ2v) is 5.86. The lowest BCUT2D eigenvalue weighted by Gasteiger charge is -2.22. The van der Waals surface area contributed by atoms with Crippen LogP contribution in [0.2, 0.25) is 0 Å². The summed E-state index contributed by atoms with van der Waals surface area (Å²) in [4.78, 5) is 12.7. The average Bonchev–Trinajstić information content (AvgIpc) is 3.17. The molecule has 5 nitrogen and oxygen atoms in total. The first-order chi connectivity index (χ1) is 10.3. The third-order valence-electron chi connectivity index (χ3n) is 3.45. The molecular formula is C15H18N2O3S. The lowest BCUT2D eigenvalue weighted by atomic mass is 10.2. The SMILES string of the molecule is CCOC(=O)c1csc(-c2cnn(C3CCCCO3)c2)c1. The Labute approximate surface area is 127 Å². The highest BCUT2D eigenvalue weighted by molar-refractivity contribution is 7.13. The Morgan fingerprint density at radius 1 is 1.57 bits per heavy atom. The molecule has 0 aromatic carbocycles. The van der Waals surface area contributed by atoms with Crippen LogP contribution in [0.3, 0.4) is 0 Å². The topological polar surface area (TPSA) is 53.3 Å². The molecule has 1 fully saturated rings. The molecule has 0 amide bonds. The van der Waals surface area contributed by atoms with Crippen molar-refractivity contribution >= 4 is 17.3 Å². The standard InChI is InChI=1S/C15H18N2O3S/c1-2-19-15(18)11-7-13(21-10-11)12-8-16-17(9-12)14-5-3-4-6-20-14/h7-10,14H,2-6H2,1H3. The van der Waals surface area contributed by atoms with Crippen molar-refractivity contribution in [3.8, 4) is 10.4 Å². The van der Waals surface area contributed by atoms with Gasteiger partial charge in [-0.05, 0) is 32.3 Å². The molecule has 0 N–H and O–H groups in total. The first kappa shape index (κ1) is 14.3. The summed E-state index contributed by atoms with van der Waals surface area (Å²) in [6.45, 7) is 2.99. The zero-order chi connectivity index (χ0) is 14.7. The zero-order valence-electron chi connectivity index (χ0n) is 11.9. The Hall–Kier alpha value is -1.66. The predicted molar refractivity (Wildman–Crippen MR) is 80.3 cm³/mol. The molecule has 112 valence electrons. The third kappa shape index (κ3) is 3.16. The van der Waals surface area contributed by atoms with Crippen LogP contribution >= 0.6 is 11.3 Å². The normalized spacial score (nSPS) is 18.6. The fourth-order valence-corrected chi connectivity index (χ4v) is 3.22. The third-order valence-corrected chi connectivity index (χ3v) is 4.43. The Morgan fingerprint density at radius 3 is 3.24 bits per heavy atom. The second kappa shape index (κ2) is 6.41. The number of carbonyl (C=O) groups is 1. The number of thiophene rings is 1. The molecule has 0 aliphatic carbocycles. The highest BCUT2D eigenvalue weighted by Crippen LogP contribution is 2.29. The number of aromatic nitrogens is 2. The van der Waals surface area contributed by atoms with E-state index in [1.54, 1.807) is 6.92 Å². The van der Waals surface area contributed by atoms with E-state index in [1.807, 2.05) is 28.5 Å². The maximum Gasteiger partial charge on any atom is 0.338 e. The molecule has 2 aromatic heterocycles. The van der Waals surface area contributed by atoms with Gasteiger partial charge in [0.2, 0.25) is 0 Å². The maximum atomic E-state index is 11.7. The highest BCUT2D eigenvalue weighted by atomic mass is 32.1. The molecule has 3 heterocycles. The van der Waals surface area contributed by atoms with Gasteiger partial charge in [-0.1, -0.05) is 0 Å². The molecule has 0 bridgehead atoms. The van der Waals surface area contributed by atoms with E-state index in [0.29, 0.717) is 12.2 Å². The summed E-state index contributed by atoms with van der Waals surface area (Å²) in [5.41, 5.74) is 1.60. The molecule has 21 heavy (non-hydrogen) atoms. The molecule has 0 saturated carbocycles. The van der Waals surface area contributed by atoms with Crippen LogP contribution in [0, 0.1) is 0 Å². The van der Waals surface area contributed by atoms with Crippen LogP contribution in [-0.2, 0) is 9.47 Å². The summed E-state index contributed by atoms with van der Waals surface area (Å²) in [6, 6.07) is 1.85. The minimum atomic E-state index is -0.275. The van der Waals surface area contributed by atoms with Gasteiger partial charge < -0.3 is 9.47 Å². The zero-order valence-corrected chi connectivity index (χ0v) is 12.8. The molecule has 2 aromatic rings. The van der Waals surface area contributed by atoms with Crippen LogP contribution in [0.15, 0.2) is 23.8 Å². The Bertz CT molecular complexity index is 614. The quantitative estimate of drug-likeness (QED) is 0.811. The summed E-state index contributed by atoms with van der Waals surface area (Å²) < 4.78 is 12.6. The second-order valence-electron chi connectivity index (χ2n) is 4.95.